The van der Waals surface area contributed by atoms with Gasteiger partial charge in [0.25, 0.3) is 0 Å². The maximum atomic E-state index is 13.6. The van der Waals surface area contributed by atoms with Crippen LogP contribution in [0.3, 0.4) is 0 Å². The van der Waals surface area contributed by atoms with E-state index in [9.17, 15) is 9.59 Å². The van der Waals surface area contributed by atoms with Gasteiger partial charge in [-0.05, 0) is 47.6 Å². The second kappa shape index (κ2) is 10.4. The van der Waals surface area contributed by atoms with E-state index in [1.807, 2.05) is 59.1 Å². The van der Waals surface area contributed by atoms with E-state index < -0.39 is 6.04 Å². The Hall–Kier alpha value is -3.93. The number of hydrogen-bond acceptors (Lipinski definition) is 3. The van der Waals surface area contributed by atoms with Crippen molar-refractivity contribution in [2.75, 3.05) is 6.54 Å². The Morgan fingerprint density at radius 1 is 0.944 bits per heavy atom. The number of rotatable bonds is 7. The third-order valence-corrected chi connectivity index (χ3v) is 7.06. The fraction of sp³-hybridized carbons (Fsp3) is 0.300. The van der Waals surface area contributed by atoms with Gasteiger partial charge < -0.3 is 14.6 Å². The first kappa shape index (κ1) is 23.8. The Kier molecular flexibility index (Phi) is 6.85. The molecule has 3 heterocycles. The highest BCUT2D eigenvalue weighted by atomic mass is 16.2. The van der Waals surface area contributed by atoms with Gasteiger partial charge in [0.1, 0.15) is 11.7 Å². The molecule has 36 heavy (non-hydrogen) atoms. The first-order valence-corrected chi connectivity index (χ1v) is 12.7. The highest BCUT2D eigenvalue weighted by Crippen LogP contribution is 2.26. The van der Waals surface area contributed by atoms with Crippen molar-refractivity contribution in [2.45, 2.75) is 51.1 Å². The van der Waals surface area contributed by atoms with Crippen LogP contribution in [-0.4, -0.2) is 38.7 Å². The molecule has 1 aliphatic rings. The third kappa shape index (κ3) is 4.89. The molecule has 2 aromatic heterocycles. The smallest absolute Gasteiger partial charge is 0.243 e. The fourth-order valence-corrected chi connectivity index (χ4v) is 5.03. The normalized spacial score (nSPS) is 16.4. The topological polar surface area (TPSA) is 66.7 Å². The number of hydrogen-bond donors (Lipinski definition) is 1. The van der Waals surface area contributed by atoms with Crippen LogP contribution in [0.25, 0.3) is 5.65 Å². The van der Waals surface area contributed by atoms with E-state index >= 15 is 0 Å². The Labute approximate surface area is 212 Å². The second-order valence-electron chi connectivity index (χ2n) is 9.77. The van der Waals surface area contributed by atoms with E-state index in [2.05, 4.69) is 48.4 Å². The third-order valence-electron chi connectivity index (χ3n) is 7.06. The van der Waals surface area contributed by atoms with Crippen molar-refractivity contribution < 1.29 is 9.59 Å². The van der Waals surface area contributed by atoms with Crippen LogP contribution >= 0.6 is 0 Å². The molecule has 1 aliphatic heterocycles. The predicted octanol–water partition coefficient (Wildman–Crippen LogP) is 4.90. The van der Waals surface area contributed by atoms with E-state index in [4.69, 9.17) is 0 Å². The van der Waals surface area contributed by atoms with Gasteiger partial charge >= 0.3 is 0 Å². The van der Waals surface area contributed by atoms with Crippen molar-refractivity contribution in [3.63, 3.8) is 0 Å². The molecule has 1 fully saturated rings. The molecule has 5 rings (SSSR count). The standard InChI is InChI=1S/C30H32N4O2/c1-21(2)22-13-15-24(16-14-22)29(23-9-4-3-5-10-23)32-30(36)26-11-8-18-34(26)28(35)19-25-20-31-27-12-6-7-17-33(25)27/h3-7,9-10,12-17,20-21,26,29H,8,11,18-19H2,1-2H3,(H,32,36)/t26?,29-/m0/s1. The number of carbonyl (C=O) groups excluding carboxylic acids is 2. The van der Waals surface area contributed by atoms with Crippen LogP contribution in [0.2, 0.25) is 0 Å². The van der Waals surface area contributed by atoms with Crippen molar-refractivity contribution in [1.29, 1.82) is 0 Å². The lowest BCUT2D eigenvalue weighted by Gasteiger charge is -2.27. The van der Waals surface area contributed by atoms with Crippen LogP contribution in [0, 0.1) is 0 Å². The van der Waals surface area contributed by atoms with Crippen LogP contribution in [0.1, 0.15) is 61.0 Å². The lowest BCUT2D eigenvalue weighted by molar-refractivity contribution is -0.138. The number of benzene rings is 2. The number of imidazole rings is 1. The summed E-state index contributed by atoms with van der Waals surface area (Å²) in [6.45, 7) is 4.93. The maximum absolute atomic E-state index is 13.6. The number of nitrogens with one attached hydrogen (secondary N) is 1. The average molecular weight is 481 g/mol. The van der Waals surface area contributed by atoms with E-state index in [1.165, 1.54) is 5.56 Å². The molecule has 0 spiro atoms. The van der Waals surface area contributed by atoms with Crippen molar-refractivity contribution in [1.82, 2.24) is 19.6 Å². The Balaban J connectivity index is 1.35. The van der Waals surface area contributed by atoms with E-state index in [-0.39, 0.29) is 24.3 Å². The zero-order valence-corrected chi connectivity index (χ0v) is 20.8. The van der Waals surface area contributed by atoms with Crippen molar-refractivity contribution in [2.24, 2.45) is 0 Å². The number of pyridine rings is 1. The molecular weight excluding hydrogens is 448 g/mol. The van der Waals surface area contributed by atoms with Crippen molar-refractivity contribution in [3.05, 3.63) is 108 Å². The number of likely N-dealkylation sites (tertiary alicyclic amines) is 1. The molecule has 0 saturated carbocycles. The molecule has 6 nitrogen and oxygen atoms in total. The SMILES string of the molecule is CC(C)c1ccc([C@@H](NC(=O)C2CCCN2C(=O)Cc2cnc3ccccn23)c2ccccc2)cc1. The van der Waals surface area contributed by atoms with Crippen LogP contribution in [0.5, 0.6) is 0 Å². The minimum absolute atomic E-state index is 0.0455. The summed E-state index contributed by atoms with van der Waals surface area (Å²) in [6, 6.07) is 23.5. The summed E-state index contributed by atoms with van der Waals surface area (Å²) in [5.41, 5.74) is 4.95. The molecule has 2 aromatic carbocycles. The van der Waals surface area contributed by atoms with Gasteiger partial charge in [-0.1, -0.05) is 74.5 Å². The summed E-state index contributed by atoms with van der Waals surface area (Å²) < 4.78 is 1.93. The molecule has 0 radical (unpaired) electrons. The zero-order chi connectivity index (χ0) is 25.1. The van der Waals surface area contributed by atoms with Gasteiger partial charge in [-0.3, -0.25) is 9.59 Å². The first-order chi connectivity index (χ1) is 17.5. The molecule has 0 bridgehead atoms. The predicted molar refractivity (Wildman–Crippen MR) is 141 cm³/mol. The number of amides is 2. The summed E-state index contributed by atoms with van der Waals surface area (Å²) >= 11 is 0. The zero-order valence-electron chi connectivity index (χ0n) is 20.8. The summed E-state index contributed by atoms with van der Waals surface area (Å²) in [7, 11) is 0. The van der Waals surface area contributed by atoms with Gasteiger partial charge in [-0.15, -0.1) is 0 Å². The van der Waals surface area contributed by atoms with Crippen LogP contribution in [0.15, 0.2) is 85.2 Å². The molecule has 6 heteroatoms. The van der Waals surface area contributed by atoms with E-state index in [0.29, 0.717) is 18.9 Å². The monoisotopic (exact) mass is 480 g/mol. The molecule has 184 valence electrons. The van der Waals surface area contributed by atoms with Crippen molar-refractivity contribution >= 4 is 17.5 Å². The molecule has 0 aliphatic carbocycles. The number of fused-ring (bicyclic) bond motifs is 1. The molecule has 2 atom stereocenters. The lowest BCUT2D eigenvalue weighted by atomic mass is 9.95. The number of nitrogens with zero attached hydrogens (tertiary/aromatic N) is 3. The summed E-state index contributed by atoms with van der Waals surface area (Å²) in [5.74, 6) is 0.284. The quantitative estimate of drug-likeness (QED) is 0.409. The van der Waals surface area contributed by atoms with Crippen LogP contribution in [0.4, 0.5) is 0 Å². The largest absolute Gasteiger partial charge is 0.343 e. The number of carbonyl (C=O) groups is 2. The van der Waals surface area contributed by atoms with E-state index in [1.54, 1.807) is 11.1 Å². The highest BCUT2D eigenvalue weighted by Gasteiger charge is 2.35. The minimum atomic E-state index is -0.474. The van der Waals surface area contributed by atoms with E-state index in [0.717, 1.165) is 28.9 Å². The summed E-state index contributed by atoms with van der Waals surface area (Å²) in [6.07, 6.45) is 5.35. The fourth-order valence-electron chi connectivity index (χ4n) is 5.03. The first-order valence-electron chi connectivity index (χ1n) is 12.7. The summed E-state index contributed by atoms with van der Waals surface area (Å²) in [4.78, 5) is 33.0. The van der Waals surface area contributed by atoms with Gasteiger partial charge in [-0.25, -0.2) is 4.98 Å². The lowest BCUT2D eigenvalue weighted by Crippen LogP contribution is -2.47. The van der Waals surface area contributed by atoms with Crippen LogP contribution in [-0.2, 0) is 16.0 Å². The van der Waals surface area contributed by atoms with Gasteiger partial charge in [0, 0.05) is 18.9 Å². The molecule has 2 amide bonds. The van der Waals surface area contributed by atoms with Gasteiger partial charge in [0.15, 0.2) is 0 Å². The van der Waals surface area contributed by atoms with Crippen molar-refractivity contribution in [3.8, 4) is 0 Å². The molecule has 1 unspecified atom stereocenters. The molecule has 1 N–H and O–H groups in total. The second-order valence-corrected chi connectivity index (χ2v) is 9.77. The number of aromatic nitrogens is 2. The van der Waals surface area contributed by atoms with Crippen LogP contribution < -0.4 is 5.32 Å². The Bertz CT molecular complexity index is 1340. The Morgan fingerprint density at radius 3 is 2.39 bits per heavy atom. The maximum Gasteiger partial charge on any atom is 0.243 e. The van der Waals surface area contributed by atoms with Gasteiger partial charge in [0.2, 0.25) is 11.8 Å². The average Bonchev–Trinajstić information content (AvgIpc) is 3.56. The Morgan fingerprint density at radius 2 is 1.64 bits per heavy atom. The summed E-state index contributed by atoms with van der Waals surface area (Å²) in [5, 5.41) is 3.26. The molecular formula is C30H32N4O2. The molecule has 4 aromatic rings. The minimum Gasteiger partial charge on any atom is -0.343 e. The van der Waals surface area contributed by atoms with Gasteiger partial charge in [0.05, 0.1) is 18.2 Å². The molecule has 1 saturated heterocycles. The highest BCUT2D eigenvalue weighted by molar-refractivity contribution is 5.89. The van der Waals surface area contributed by atoms with Gasteiger partial charge in [-0.2, -0.15) is 0 Å².